The van der Waals surface area contributed by atoms with Crippen molar-refractivity contribution >= 4 is 16.3 Å². The number of carbonyl (C=O) groups excluding carboxylic acids is 1. The number of carbonyl (C=O) groups is 1. The molecule has 2 N–H and O–H groups in total. The SMILES string of the molecule is CCOC(=O)NS(=O)(=O)N1CCC(C)C1CO. The topological polar surface area (TPSA) is 95.9 Å². The van der Waals surface area contributed by atoms with E-state index in [1.54, 1.807) is 6.92 Å². The molecule has 7 nitrogen and oxygen atoms in total. The minimum absolute atomic E-state index is 0.0683. The van der Waals surface area contributed by atoms with Gasteiger partial charge in [0.25, 0.3) is 0 Å². The number of amides is 1. The predicted molar refractivity (Wildman–Crippen MR) is 60.4 cm³/mol. The van der Waals surface area contributed by atoms with Crippen LogP contribution in [0, 0.1) is 5.92 Å². The van der Waals surface area contributed by atoms with Crippen LogP contribution in [0.3, 0.4) is 0 Å². The van der Waals surface area contributed by atoms with Gasteiger partial charge in [-0.25, -0.2) is 9.52 Å². The van der Waals surface area contributed by atoms with Crippen molar-refractivity contribution in [3.05, 3.63) is 0 Å². The van der Waals surface area contributed by atoms with E-state index in [1.807, 2.05) is 11.6 Å². The van der Waals surface area contributed by atoms with E-state index in [1.165, 1.54) is 0 Å². The zero-order valence-electron chi connectivity index (χ0n) is 9.92. The van der Waals surface area contributed by atoms with Crippen molar-refractivity contribution in [2.24, 2.45) is 5.92 Å². The van der Waals surface area contributed by atoms with Crippen molar-refractivity contribution in [3.8, 4) is 0 Å². The fourth-order valence-electron chi connectivity index (χ4n) is 1.87. The number of rotatable bonds is 4. The third kappa shape index (κ3) is 3.30. The van der Waals surface area contributed by atoms with Crippen LogP contribution in [0.15, 0.2) is 0 Å². The normalized spacial score (nSPS) is 25.8. The smallest absolute Gasteiger partial charge is 0.421 e. The summed E-state index contributed by atoms with van der Waals surface area (Å²) in [5, 5.41) is 9.16. The molecule has 1 amide bonds. The van der Waals surface area contributed by atoms with Gasteiger partial charge in [0, 0.05) is 6.54 Å². The molecule has 1 aliphatic heterocycles. The maximum Gasteiger partial charge on any atom is 0.421 e. The highest BCUT2D eigenvalue weighted by Crippen LogP contribution is 2.25. The van der Waals surface area contributed by atoms with Crippen LogP contribution in [-0.2, 0) is 14.9 Å². The minimum atomic E-state index is -3.93. The van der Waals surface area contributed by atoms with Crippen molar-refractivity contribution in [2.45, 2.75) is 26.3 Å². The van der Waals surface area contributed by atoms with Gasteiger partial charge in [0.2, 0.25) is 0 Å². The highest BCUT2D eigenvalue weighted by Gasteiger charge is 2.39. The quantitative estimate of drug-likeness (QED) is 0.727. The molecule has 1 aliphatic rings. The Morgan fingerprint density at radius 2 is 2.24 bits per heavy atom. The number of ether oxygens (including phenoxy) is 1. The summed E-state index contributed by atoms with van der Waals surface area (Å²) in [6, 6.07) is -0.484. The van der Waals surface area contributed by atoms with Gasteiger partial charge in [0.15, 0.2) is 0 Å². The second kappa shape index (κ2) is 5.65. The second-order valence-corrected chi connectivity index (χ2v) is 5.58. The average molecular weight is 266 g/mol. The number of nitrogens with zero attached hydrogens (tertiary/aromatic N) is 1. The molecule has 100 valence electrons. The number of hydrogen-bond donors (Lipinski definition) is 2. The lowest BCUT2D eigenvalue weighted by atomic mass is 10.0. The van der Waals surface area contributed by atoms with Crippen LogP contribution in [-0.4, -0.2) is 49.7 Å². The first-order valence-electron chi connectivity index (χ1n) is 5.49. The van der Waals surface area contributed by atoms with Gasteiger partial charge in [-0.05, 0) is 19.3 Å². The zero-order chi connectivity index (χ0) is 13.1. The third-order valence-corrected chi connectivity index (χ3v) is 4.31. The molecule has 8 heteroatoms. The van der Waals surface area contributed by atoms with Crippen molar-refractivity contribution < 1.29 is 23.1 Å². The monoisotopic (exact) mass is 266 g/mol. The standard InChI is InChI=1S/C9H18N2O5S/c1-3-16-9(13)10-17(14,15)11-5-4-7(2)8(11)6-12/h7-8,12H,3-6H2,1-2H3,(H,10,13). The van der Waals surface area contributed by atoms with Gasteiger partial charge in [-0.3, -0.25) is 0 Å². The summed E-state index contributed by atoms with van der Waals surface area (Å²) in [7, 11) is -3.93. The van der Waals surface area contributed by atoms with Crippen LogP contribution in [0.4, 0.5) is 4.79 Å². The van der Waals surface area contributed by atoms with E-state index in [0.29, 0.717) is 13.0 Å². The van der Waals surface area contributed by atoms with Crippen LogP contribution >= 0.6 is 0 Å². The molecule has 1 fully saturated rings. The van der Waals surface area contributed by atoms with E-state index < -0.39 is 22.3 Å². The molecule has 2 atom stereocenters. The van der Waals surface area contributed by atoms with Gasteiger partial charge in [-0.2, -0.15) is 12.7 Å². The maximum atomic E-state index is 11.8. The maximum absolute atomic E-state index is 11.8. The van der Waals surface area contributed by atoms with Gasteiger partial charge in [0.1, 0.15) is 0 Å². The van der Waals surface area contributed by atoms with Crippen molar-refractivity contribution in [1.29, 1.82) is 0 Å². The van der Waals surface area contributed by atoms with E-state index >= 15 is 0 Å². The predicted octanol–water partition coefficient (Wildman–Crippen LogP) is -0.320. The van der Waals surface area contributed by atoms with Crippen LogP contribution < -0.4 is 4.72 Å². The molecule has 0 bridgehead atoms. The van der Waals surface area contributed by atoms with Crippen LogP contribution in [0.5, 0.6) is 0 Å². The number of nitrogens with one attached hydrogen (secondary N) is 1. The summed E-state index contributed by atoms with van der Waals surface area (Å²) in [4.78, 5) is 11.1. The van der Waals surface area contributed by atoms with E-state index in [0.717, 1.165) is 4.31 Å². The summed E-state index contributed by atoms with van der Waals surface area (Å²) in [5.74, 6) is 0.0683. The Labute approximate surface area is 101 Å². The summed E-state index contributed by atoms with van der Waals surface area (Å²) in [6.07, 6.45) is -0.335. The molecule has 0 saturated carbocycles. The van der Waals surface area contributed by atoms with Gasteiger partial charge in [0.05, 0.1) is 19.3 Å². The Morgan fingerprint density at radius 1 is 1.59 bits per heavy atom. The van der Waals surface area contributed by atoms with Crippen LogP contribution in [0.2, 0.25) is 0 Å². The molecular formula is C9H18N2O5S. The summed E-state index contributed by atoms with van der Waals surface area (Å²) >= 11 is 0. The molecule has 1 saturated heterocycles. The van der Waals surface area contributed by atoms with E-state index in [4.69, 9.17) is 5.11 Å². The van der Waals surface area contributed by atoms with Gasteiger partial charge in [-0.1, -0.05) is 6.92 Å². The van der Waals surface area contributed by atoms with Crippen molar-refractivity contribution in [1.82, 2.24) is 9.03 Å². The molecule has 17 heavy (non-hydrogen) atoms. The molecule has 0 aliphatic carbocycles. The van der Waals surface area contributed by atoms with Gasteiger partial charge < -0.3 is 9.84 Å². The fraction of sp³-hybridized carbons (Fsp3) is 0.889. The highest BCUT2D eigenvalue weighted by molar-refractivity contribution is 7.87. The van der Waals surface area contributed by atoms with Crippen molar-refractivity contribution in [3.63, 3.8) is 0 Å². The van der Waals surface area contributed by atoms with Gasteiger partial charge in [-0.15, -0.1) is 0 Å². The lowest BCUT2D eigenvalue weighted by Crippen LogP contribution is -2.48. The molecule has 0 radical (unpaired) electrons. The summed E-state index contributed by atoms with van der Waals surface area (Å²) in [5.41, 5.74) is 0. The van der Waals surface area contributed by atoms with Crippen LogP contribution in [0.25, 0.3) is 0 Å². The van der Waals surface area contributed by atoms with Gasteiger partial charge >= 0.3 is 16.3 Å². The van der Waals surface area contributed by atoms with E-state index in [9.17, 15) is 13.2 Å². The van der Waals surface area contributed by atoms with E-state index in [2.05, 4.69) is 4.74 Å². The Balaban J connectivity index is 2.73. The molecule has 0 spiro atoms. The molecule has 0 aromatic rings. The average Bonchev–Trinajstić information content (AvgIpc) is 2.59. The fourth-order valence-corrected chi connectivity index (χ4v) is 3.23. The first-order valence-corrected chi connectivity index (χ1v) is 6.93. The van der Waals surface area contributed by atoms with Crippen LogP contribution in [0.1, 0.15) is 20.3 Å². The molecule has 1 heterocycles. The summed E-state index contributed by atoms with van der Waals surface area (Å²) < 4.78 is 31.1. The zero-order valence-corrected chi connectivity index (χ0v) is 10.7. The Hall–Kier alpha value is -0.860. The minimum Gasteiger partial charge on any atom is -0.449 e. The Bertz CT molecular complexity index is 370. The third-order valence-electron chi connectivity index (χ3n) is 2.82. The molecule has 0 aromatic carbocycles. The largest absolute Gasteiger partial charge is 0.449 e. The second-order valence-electron chi connectivity index (χ2n) is 3.95. The number of aliphatic hydroxyl groups is 1. The lowest BCUT2D eigenvalue weighted by Gasteiger charge is -2.24. The molecule has 1 rings (SSSR count). The number of hydrogen-bond acceptors (Lipinski definition) is 5. The number of aliphatic hydroxyl groups excluding tert-OH is 1. The lowest BCUT2D eigenvalue weighted by molar-refractivity contribution is 0.156. The first-order chi connectivity index (χ1) is 7.92. The first kappa shape index (κ1) is 14.2. The Kier molecular flexibility index (Phi) is 4.72. The summed E-state index contributed by atoms with van der Waals surface area (Å²) in [6.45, 7) is 3.58. The molecule has 0 aromatic heterocycles. The van der Waals surface area contributed by atoms with Crippen molar-refractivity contribution in [2.75, 3.05) is 19.8 Å². The molecular weight excluding hydrogens is 248 g/mol. The Morgan fingerprint density at radius 3 is 2.76 bits per heavy atom. The molecule has 2 unspecified atom stereocenters. The highest BCUT2D eigenvalue weighted by atomic mass is 32.2. The van der Waals surface area contributed by atoms with E-state index in [-0.39, 0.29) is 19.1 Å².